The number of hydrogen-bond acceptors (Lipinski definition) is 3. The summed E-state index contributed by atoms with van der Waals surface area (Å²) in [6.07, 6.45) is 4.40. The van der Waals surface area contributed by atoms with Gasteiger partial charge in [-0.2, -0.15) is 0 Å². The van der Waals surface area contributed by atoms with E-state index in [9.17, 15) is 0 Å². The van der Waals surface area contributed by atoms with Gasteiger partial charge in [-0.1, -0.05) is 85.9 Å². The Bertz CT molecular complexity index is 606. The predicted octanol–water partition coefficient (Wildman–Crippen LogP) is 5.54. The molecule has 0 saturated heterocycles. The molecule has 0 atom stereocenters. The summed E-state index contributed by atoms with van der Waals surface area (Å²) in [5.41, 5.74) is 2.28. The smallest absolute Gasteiger partial charge is 0.0774 e. The van der Waals surface area contributed by atoms with Gasteiger partial charge in [-0.05, 0) is 30.2 Å². The van der Waals surface area contributed by atoms with Gasteiger partial charge in [0.2, 0.25) is 0 Å². The highest BCUT2D eigenvalue weighted by Gasteiger charge is 2.03. The van der Waals surface area contributed by atoms with Crippen LogP contribution in [-0.4, -0.2) is 10.7 Å². The lowest BCUT2D eigenvalue weighted by Gasteiger charge is -2.11. The molecule has 2 aromatic carbocycles. The molecule has 0 amide bonds. The molecule has 0 bridgehead atoms. The van der Waals surface area contributed by atoms with E-state index in [1.165, 1.54) is 16.9 Å². The van der Waals surface area contributed by atoms with Crippen LogP contribution in [-0.2, 0) is 0 Å². The molecule has 0 aliphatic rings. The van der Waals surface area contributed by atoms with Crippen molar-refractivity contribution in [2.24, 2.45) is 0 Å². The number of nitrogens with one attached hydrogen (secondary N) is 1. The van der Waals surface area contributed by atoms with Crippen LogP contribution in [0.1, 0.15) is 25.3 Å². The number of benzene rings is 2. The average molecular weight is 328 g/mol. The molecule has 0 spiro atoms. The molecule has 2 rings (SSSR count). The van der Waals surface area contributed by atoms with E-state index < -0.39 is 0 Å². The Morgan fingerprint density at radius 1 is 1.05 bits per heavy atom. The second kappa shape index (κ2) is 9.44. The third-order valence-corrected chi connectivity index (χ3v) is 4.35. The Labute approximate surface area is 142 Å². The van der Waals surface area contributed by atoms with Crippen molar-refractivity contribution in [3.8, 4) is 0 Å². The van der Waals surface area contributed by atoms with Crippen molar-refractivity contribution < 1.29 is 0 Å². The lowest BCUT2D eigenvalue weighted by atomic mass is 10.1. The molecule has 0 heterocycles. The molecule has 0 fully saturated rings. The van der Waals surface area contributed by atoms with Gasteiger partial charge in [0.05, 0.1) is 4.20 Å². The SMILES string of the molecule is CCCCN/C(=C\C(=S)Sc1ccccc1)c1ccccc1. The maximum atomic E-state index is 5.54. The summed E-state index contributed by atoms with van der Waals surface area (Å²) in [5, 5.41) is 3.51. The molecule has 1 N–H and O–H groups in total. The Balaban J connectivity index is 2.11. The lowest BCUT2D eigenvalue weighted by Crippen LogP contribution is -2.14. The quantitative estimate of drug-likeness (QED) is 0.310. The molecule has 22 heavy (non-hydrogen) atoms. The van der Waals surface area contributed by atoms with Crippen LogP contribution in [0.2, 0.25) is 0 Å². The highest BCUT2D eigenvalue weighted by molar-refractivity contribution is 8.23. The van der Waals surface area contributed by atoms with E-state index in [2.05, 4.69) is 54.7 Å². The second-order valence-corrected chi connectivity index (χ2v) is 6.75. The van der Waals surface area contributed by atoms with Gasteiger partial charge in [0.25, 0.3) is 0 Å². The van der Waals surface area contributed by atoms with Crippen LogP contribution in [0.4, 0.5) is 0 Å². The maximum Gasteiger partial charge on any atom is 0.0774 e. The third kappa shape index (κ3) is 5.66. The summed E-state index contributed by atoms with van der Waals surface area (Å²) in [6.45, 7) is 3.17. The zero-order valence-electron chi connectivity index (χ0n) is 12.8. The summed E-state index contributed by atoms with van der Waals surface area (Å²) in [6, 6.07) is 20.6. The fourth-order valence-electron chi connectivity index (χ4n) is 2.01. The van der Waals surface area contributed by atoms with Gasteiger partial charge in [0.1, 0.15) is 0 Å². The van der Waals surface area contributed by atoms with Crippen molar-refractivity contribution in [2.45, 2.75) is 24.7 Å². The van der Waals surface area contributed by atoms with Crippen LogP contribution < -0.4 is 5.32 Å². The Morgan fingerprint density at radius 3 is 2.32 bits per heavy atom. The zero-order valence-corrected chi connectivity index (χ0v) is 14.4. The van der Waals surface area contributed by atoms with Gasteiger partial charge in [0, 0.05) is 17.1 Å². The van der Waals surface area contributed by atoms with Crippen molar-refractivity contribution in [2.75, 3.05) is 6.54 Å². The van der Waals surface area contributed by atoms with E-state index >= 15 is 0 Å². The summed E-state index contributed by atoms with van der Waals surface area (Å²) < 4.78 is 0.869. The molecule has 1 nitrogen and oxygen atoms in total. The summed E-state index contributed by atoms with van der Waals surface area (Å²) >= 11 is 7.16. The molecule has 0 radical (unpaired) electrons. The van der Waals surface area contributed by atoms with Crippen molar-refractivity contribution in [1.82, 2.24) is 5.32 Å². The van der Waals surface area contributed by atoms with E-state index in [4.69, 9.17) is 12.2 Å². The molecule has 3 heteroatoms. The first kappa shape index (κ1) is 16.8. The number of rotatable bonds is 7. The maximum absolute atomic E-state index is 5.54. The van der Waals surface area contributed by atoms with Crippen LogP contribution in [0.25, 0.3) is 5.70 Å². The standard InChI is InChI=1S/C19H21NS2/c1-2-3-14-20-18(16-10-6-4-7-11-16)15-19(21)22-17-12-8-5-9-13-17/h4-13,15,20H,2-3,14H2,1H3/b18-15-. The molecular weight excluding hydrogens is 306 g/mol. The van der Waals surface area contributed by atoms with E-state index in [-0.39, 0.29) is 0 Å². The number of hydrogen-bond donors (Lipinski definition) is 1. The first-order chi connectivity index (χ1) is 10.8. The average Bonchev–Trinajstić information content (AvgIpc) is 2.56. The zero-order chi connectivity index (χ0) is 15.6. The van der Waals surface area contributed by atoms with Crippen LogP contribution in [0, 0.1) is 0 Å². The van der Waals surface area contributed by atoms with Gasteiger partial charge in [-0.15, -0.1) is 0 Å². The fraction of sp³-hybridized carbons (Fsp3) is 0.211. The van der Waals surface area contributed by atoms with Gasteiger partial charge >= 0.3 is 0 Å². The van der Waals surface area contributed by atoms with Crippen LogP contribution in [0.3, 0.4) is 0 Å². The van der Waals surface area contributed by atoms with Crippen molar-refractivity contribution >= 4 is 33.9 Å². The lowest BCUT2D eigenvalue weighted by molar-refractivity contribution is 0.745. The molecule has 2 aromatic rings. The highest BCUT2D eigenvalue weighted by Crippen LogP contribution is 2.22. The van der Waals surface area contributed by atoms with Crippen molar-refractivity contribution in [1.29, 1.82) is 0 Å². The van der Waals surface area contributed by atoms with Gasteiger partial charge in [-0.25, -0.2) is 0 Å². The van der Waals surface area contributed by atoms with E-state index in [0.717, 1.165) is 22.9 Å². The van der Waals surface area contributed by atoms with Gasteiger partial charge < -0.3 is 5.32 Å². The molecule has 114 valence electrons. The molecule has 0 aliphatic heterocycles. The van der Waals surface area contributed by atoms with Gasteiger partial charge in [-0.3, -0.25) is 0 Å². The van der Waals surface area contributed by atoms with E-state index in [0.29, 0.717) is 0 Å². The molecule has 0 aromatic heterocycles. The predicted molar refractivity (Wildman–Crippen MR) is 102 cm³/mol. The summed E-state index contributed by atoms with van der Waals surface area (Å²) in [4.78, 5) is 1.17. The molecular formula is C19H21NS2. The van der Waals surface area contributed by atoms with Crippen LogP contribution in [0.15, 0.2) is 71.6 Å². The van der Waals surface area contributed by atoms with Crippen LogP contribution in [0.5, 0.6) is 0 Å². The summed E-state index contributed by atoms with van der Waals surface area (Å²) in [7, 11) is 0. The summed E-state index contributed by atoms with van der Waals surface area (Å²) in [5.74, 6) is 0. The third-order valence-electron chi connectivity index (χ3n) is 3.15. The molecule has 0 unspecified atom stereocenters. The molecule has 0 aliphatic carbocycles. The minimum Gasteiger partial charge on any atom is -0.385 e. The largest absolute Gasteiger partial charge is 0.385 e. The fourth-order valence-corrected chi connectivity index (χ4v) is 3.11. The molecule has 0 saturated carbocycles. The van der Waals surface area contributed by atoms with Crippen molar-refractivity contribution in [3.05, 3.63) is 72.3 Å². The number of thiocarbonyl (C=S) groups is 1. The number of thioether (sulfide) groups is 1. The normalized spacial score (nSPS) is 11.2. The van der Waals surface area contributed by atoms with Crippen LogP contribution >= 0.6 is 24.0 Å². The first-order valence-electron chi connectivity index (χ1n) is 7.57. The minimum absolute atomic E-state index is 0.869. The highest BCUT2D eigenvalue weighted by atomic mass is 32.2. The minimum atomic E-state index is 0.869. The van der Waals surface area contributed by atoms with E-state index in [1.807, 2.05) is 24.3 Å². The van der Waals surface area contributed by atoms with Crippen molar-refractivity contribution in [3.63, 3.8) is 0 Å². The first-order valence-corrected chi connectivity index (χ1v) is 8.80. The van der Waals surface area contributed by atoms with E-state index in [1.54, 1.807) is 11.8 Å². The van der Waals surface area contributed by atoms with Gasteiger partial charge in [0.15, 0.2) is 0 Å². The Kier molecular flexibility index (Phi) is 7.20. The Hall–Kier alpha value is -1.58. The second-order valence-electron chi connectivity index (χ2n) is 4.94. The Morgan fingerprint density at radius 2 is 1.68 bits per heavy atom. The monoisotopic (exact) mass is 327 g/mol. The topological polar surface area (TPSA) is 12.0 Å². The number of unbranched alkanes of at least 4 members (excludes halogenated alkanes) is 1.